The molecule has 0 heterocycles. The molecule has 0 amide bonds. The zero-order valence-electron chi connectivity index (χ0n) is 11.0. The molecule has 2 N–H and O–H groups in total. The third kappa shape index (κ3) is 7.77. The lowest BCUT2D eigenvalue weighted by Gasteiger charge is -2.31. The lowest BCUT2D eigenvalue weighted by Crippen LogP contribution is -2.41. The van der Waals surface area contributed by atoms with Crippen LogP contribution in [0.5, 0.6) is 0 Å². The first kappa shape index (κ1) is 14.9. The van der Waals surface area contributed by atoms with Crippen molar-refractivity contribution in [2.24, 2.45) is 5.41 Å². The van der Waals surface area contributed by atoms with E-state index in [1.165, 1.54) is 0 Å². The van der Waals surface area contributed by atoms with Gasteiger partial charge in [0, 0.05) is 12.6 Å². The Morgan fingerprint density at radius 3 is 2.27 bits per heavy atom. The second kappa shape index (κ2) is 7.20. The van der Waals surface area contributed by atoms with Crippen LogP contribution >= 0.6 is 0 Å². The molecule has 1 unspecified atom stereocenters. The van der Waals surface area contributed by atoms with Gasteiger partial charge in [0.25, 0.3) is 0 Å². The monoisotopic (exact) mass is 216 g/mol. The van der Waals surface area contributed by atoms with Gasteiger partial charge in [-0.25, -0.2) is 0 Å². The van der Waals surface area contributed by atoms with Crippen molar-refractivity contribution in [1.29, 1.82) is 0 Å². The molecule has 0 aromatic rings. The molecule has 0 aromatic carbocycles. The summed E-state index contributed by atoms with van der Waals surface area (Å²) in [5.74, 6) is 0. The van der Waals surface area contributed by atoms with E-state index in [0.29, 0.717) is 6.04 Å². The number of rotatable bonds is 7. The van der Waals surface area contributed by atoms with Crippen LogP contribution in [0.4, 0.5) is 0 Å². The summed E-state index contributed by atoms with van der Waals surface area (Å²) in [5.41, 5.74) is 0.223. The molecule has 0 aliphatic rings. The molecule has 0 spiro atoms. The number of aliphatic hydroxyl groups is 1. The van der Waals surface area contributed by atoms with Crippen LogP contribution in [0.3, 0.4) is 0 Å². The summed E-state index contributed by atoms with van der Waals surface area (Å²) in [5, 5.41) is 12.5. The van der Waals surface area contributed by atoms with Crippen molar-refractivity contribution >= 4 is 0 Å². The Balaban J connectivity index is 3.77. The van der Waals surface area contributed by atoms with E-state index < -0.39 is 0 Å². The summed E-state index contributed by atoms with van der Waals surface area (Å²) in [6.45, 7) is 9.05. The number of nitrogens with zero attached hydrogens (tertiary/aromatic N) is 1. The minimum atomic E-state index is 0.223. The molecule has 0 aliphatic carbocycles. The fourth-order valence-corrected chi connectivity index (χ4v) is 1.64. The van der Waals surface area contributed by atoms with Gasteiger partial charge >= 0.3 is 0 Å². The standard InChI is InChI=1S/C12H28N2O/c1-12(2,3)11(7-10-15)13-8-6-9-14(4)5/h11,13,15H,6-10H2,1-5H3. The summed E-state index contributed by atoms with van der Waals surface area (Å²) in [4.78, 5) is 2.19. The Morgan fingerprint density at radius 1 is 1.27 bits per heavy atom. The van der Waals surface area contributed by atoms with E-state index in [9.17, 15) is 0 Å². The third-order valence-corrected chi connectivity index (χ3v) is 2.64. The van der Waals surface area contributed by atoms with E-state index in [4.69, 9.17) is 5.11 Å². The molecule has 0 bridgehead atoms. The van der Waals surface area contributed by atoms with Gasteiger partial charge in [0.05, 0.1) is 0 Å². The molecule has 3 nitrogen and oxygen atoms in total. The highest BCUT2D eigenvalue weighted by atomic mass is 16.3. The zero-order valence-corrected chi connectivity index (χ0v) is 11.0. The van der Waals surface area contributed by atoms with Crippen molar-refractivity contribution in [2.75, 3.05) is 33.8 Å². The summed E-state index contributed by atoms with van der Waals surface area (Å²) >= 11 is 0. The number of aliphatic hydroxyl groups excluding tert-OH is 1. The molecule has 0 rings (SSSR count). The van der Waals surface area contributed by atoms with Crippen LogP contribution in [0.2, 0.25) is 0 Å². The highest BCUT2D eigenvalue weighted by molar-refractivity contribution is 4.80. The van der Waals surface area contributed by atoms with Gasteiger partial charge in [-0.05, 0) is 45.4 Å². The molecular weight excluding hydrogens is 188 g/mol. The van der Waals surface area contributed by atoms with Gasteiger partial charge < -0.3 is 15.3 Å². The Labute approximate surface area is 94.9 Å². The van der Waals surface area contributed by atoms with Crippen LogP contribution in [-0.2, 0) is 0 Å². The van der Waals surface area contributed by atoms with Gasteiger partial charge in [-0.3, -0.25) is 0 Å². The molecule has 1 atom stereocenters. The van der Waals surface area contributed by atoms with E-state index >= 15 is 0 Å². The maximum atomic E-state index is 9.00. The van der Waals surface area contributed by atoms with Crippen molar-refractivity contribution < 1.29 is 5.11 Å². The second-order valence-corrected chi connectivity index (χ2v) is 5.54. The second-order valence-electron chi connectivity index (χ2n) is 5.54. The fourth-order valence-electron chi connectivity index (χ4n) is 1.64. The first-order chi connectivity index (χ1) is 6.88. The van der Waals surface area contributed by atoms with E-state index in [2.05, 4.69) is 45.1 Å². The normalized spacial score (nSPS) is 14.6. The summed E-state index contributed by atoms with van der Waals surface area (Å²) in [6.07, 6.45) is 2.00. The van der Waals surface area contributed by atoms with Gasteiger partial charge in [-0.1, -0.05) is 20.8 Å². The van der Waals surface area contributed by atoms with Crippen molar-refractivity contribution in [1.82, 2.24) is 10.2 Å². The van der Waals surface area contributed by atoms with Crippen LogP contribution in [0.15, 0.2) is 0 Å². The highest BCUT2D eigenvalue weighted by Gasteiger charge is 2.22. The fraction of sp³-hybridized carbons (Fsp3) is 1.00. The Morgan fingerprint density at radius 2 is 1.87 bits per heavy atom. The smallest absolute Gasteiger partial charge is 0.0446 e. The van der Waals surface area contributed by atoms with Crippen LogP contribution in [0.25, 0.3) is 0 Å². The predicted molar refractivity (Wildman–Crippen MR) is 66.1 cm³/mol. The molecule has 0 saturated heterocycles. The van der Waals surface area contributed by atoms with Gasteiger partial charge in [-0.15, -0.1) is 0 Å². The van der Waals surface area contributed by atoms with Gasteiger partial charge in [0.2, 0.25) is 0 Å². The minimum absolute atomic E-state index is 0.223. The van der Waals surface area contributed by atoms with E-state index in [-0.39, 0.29) is 12.0 Å². The SMILES string of the molecule is CN(C)CCCNC(CCO)C(C)(C)C. The lowest BCUT2D eigenvalue weighted by atomic mass is 9.85. The third-order valence-electron chi connectivity index (χ3n) is 2.64. The number of nitrogens with one attached hydrogen (secondary N) is 1. The molecule has 0 aliphatic heterocycles. The molecule has 15 heavy (non-hydrogen) atoms. The first-order valence-corrected chi connectivity index (χ1v) is 5.87. The van der Waals surface area contributed by atoms with Crippen molar-refractivity contribution in [3.63, 3.8) is 0 Å². The Kier molecular flexibility index (Phi) is 7.14. The first-order valence-electron chi connectivity index (χ1n) is 5.87. The summed E-state index contributed by atoms with van der Waals surface area (Å²) < 4.78 is 0. The Bertz CT molecular complexity index is 152. The average molecular weight is 216 g/mol. The van der Waals surface area contributed by atoms with E-state index in [1.54, 1.807) is 0 Å². The Hall–Kier alpha value is -0.120. The molecule has 92 valence electrons. The van der Waals surface area contributed by atoms with Gasteiger partial charge in [0.1, 0.15) is 0 Å². The maximum Gasteiger partial charge on any atom is 0.0446 e. The van der Waals surface area contributed by atoms with E-state index in [0.717, 1.165) is 25.9 Å². The molecule has 0 fully saturated rings. The molecule has 3 heteroatoms. The van der Waals surface area contributed by atoms with Crippen LogP contribution in [0.1, 0.15) is 33.6 Å². The van der Waals surface area contributed by atoms with Crippen LogP contribution < -0.4 is 5.32 Å². The van der Waals surface area contributed by atoms with Crippen LogP contribution in [0, 0.1) is 5.41 Å². The zero-order chi connectivity index (χ0) is 11.9. The number of hydrogen-bond donors (Lipinski definition) is 2. The molecule has 0 saturated carbocycles. The van der Waals surface area contributed by atoms with Crippen LogP contribution in [-0.4, -0.2) is 49.8 Å². The highest BCUT2D eigenvalue weighted by Crippen LogP contribution is 2.21. The molecular formula is C12H28N2O. The number of hydrogen-bond acceptors (Lipinski definition) is 3. The average Bonchev–Trinajstić information content (AvgIpc) is 2.08. The minimum Gasteiger partial charge on any atom is -0.396 e. The van der Waals surface area contributed by atoms with E-state index in [1.807, 2.05) is 0 Å². The predicted octanol–water partition coefficient (Wildman–Crippen LogP) is 1.32. The maximum absolute atomic E-state index is 9.00. The van der Waals surface area contributed by atoms with Crippen molar-refractivity contribution in [2.45, 2.75) is 39.7 Å². The summed E-state index contributed by atoms with van der Waals surface area (Å²) in [6, 6.07) is 0.407. The largest absolute Gasteiger partial charge is 0.396 e. The topological polar surface area (TPSA) is 35.5 Å². The van der Waals surface area contributed by atoms with Gasteiger partial charge in [-0.2, -0.15) is 0 Å². The quantitative estimate of drug-likeness (QED) is 0.630. The molecule has 0 radical (unpaired) electrons. The van der Waals surface area contributed by atoms with Crippen molar-refractivity contribution in [3.05, 3.63) is 0 Å². The summed E-state index contributed by atoms with van der Waals surface area (Å²) in [7, 11) is 4.18. The molecule has 0 aromatic heterocycles. The van der Waals surface area contributed by atoms with Gasteiger partial charge in [0.15, 0.2) is 0 Å². The van der Waals surface area contributed by atoms with Crippen molar-refractivity contribution in [3.8, 4) is 0 Å². The lowest BCUT2D eigenvalue weighted by molar-refractivity contribution is 0.196.